The molecule has 4 N–H and O–H groups in total. The molecule has 0 aliphatic rings. The Kier molecular flexibility index (Phi) is 4.14. The largest absolute Gasteiger partial charge is 0.369 e. The van der Waals surface area contributed by atoms with Gasteiger partial charge in [-0.15, -0.1) is 0 Å². The van der Waals surface area contributed by atoms with E-state index in [9.17, 15) is 9.59 Å². The van der Waals surface area contributed by atoms with E-state index in [4.69, 9.17) is 11.5 Å². The van der Waals surface area contributed by atoms with Gasteiger partial charge in [-0.3, -0.25) is 9.59 Å². The van der Waals surface area contributed by atoms with E-state index in [0.717, 1.165) is 0 Å². The number of carbonyl (C=O) groups is 2. The van der Waals surface area contributed by atoms with Crippen LogP contribution in [-0.2, 0) is 9.59 Å². The number of carbonyl (C=O) groups excluding carboxylic acids is 2. The van der Waals surface area contributed by atoms with Crippen molar-refractivity contribution in [3.05, 3.63) is 0 Å². The van der Waals surface area contributed by atoms with Crippen LogP contribution in [0.2, 0.25) is 0 Å². The Morgan fingerprint density at radius 2 is 0.938 bits per heavy atom. The van der Waals surface area contributed by atoms with Gasteiger partial charge in [0.1, 0.15) is 0 Å². The van der Waals surface area contributed by atoms with Gasteiger partial charge in [0.2, 0.25) is 11.8 Å². The molecular weight excluding hydrogens is 204 g/mol. The zero-order valence-corrected chi connectivity index (χ0v) is 11.1. The molecule has 4 heteroatoms. The van der Waals surface area contributed by atoms with E-state index in [1.54, 1.807) is 0 Å². The van der Waals surface area contributed by atoms with Crippen molar-refractivity contribution >= 4 is 11.8 Å². The van der Waals surface area contributed by atoms with Crippen molar-refractivity contribution in [1.82, 2.24) is 0 Å². The van der Waals surface area contributed by atoms with Crippen LogP contribution in [0.5, 0.6) is 0 Å². The summed E-state index contributed by atoms with van der Waals surface area (Å²) in [6.07, 6.45) is 0. The molecule has 2 amide bonds. The predicted octanol–water partition coefficient (Wildman–Crippen LogP) is 1.28. The minimum atomic E-state index is -0.551. The first-order chi connectivity index (χ1) is 6.89. The van der Waals surface area contributed by atoms with Crippen LogP contribution < -0.4 is 11.5 Å². The van der Waals surface area contributed by atoms with Gasteiger partial charge >= 0.3 is 0 Å². The minimum absolute atomic E-state index is 0.376. The van der Waals surface area contributed by atoms with Gasteiger partial charge in [-0.05, 0) is 10.8 Å². The zero-order valence-electron chi connectivity index (χ0n) is 11.1. The highest BCUT2D eigenvalue weighted by molar-refractivity contribution is 5.87. The van der Waals surface area contributed by atoms with Crippen molar-refractivity contribution in [3.63, 3.8) is 0 Å². The summed E-state index contributed by atoms with van der Waals surface area (Å²) in [6, 6.07) is 0. The van der Waals surface area contributed by atoms with Crippen molar-refractivity contribution in [3.8, 4) is 0 Å². The second-order valence-corrected chi connectivity index (χ2v) is 6.49. The van der Waals surface area contributed by atoms with Gasteiger partial charge in [0.15, 0.2) is 0 Å². The summed E-state index contributed by atoms with van der Waals surface area (Å²) < 4.78 is 0. The fourth-order valence-electron chi connectivity index (χ4n) is 2.18. The third-order valence-electron chi connectivity index (χ3n) is 2.81. The Morgan fingerprint density at radius 1 is 0.750 bits per heavy atom. The van der Waals surface area contributed by atoms with Gasteiger partial charge in [-0.25, -0.2) is 0 Å². The SMILES string of the molecule is CC(C)(C)C(C(N)=O)C(C(N)=O)C(C)(C)C. The monoisotopic (exact) mass is 228 g/mol. The first-order valence-electron chi connectivity index (χ1n) is 5.47. The van der Waals surface area contributed by atoms with Gasteiger partial charge < -0.3 is 11.5 Å². The van der Waals surface area contributed by atoms with Gasteiger partial charge in [-0.2, -0.15) is 0 Å². The van der Waals surface area contributed by atoms with E-state index in [0.29, 0.717) is 0 Å². The number of amides is 2. The Bertz CT molecular complexity index is 254. The van der Waals surface area contributed by atoms with Gasteiger partial charge in [0.25, 0.3) is 0 Å². The summed E-state index contributed by atoms with van der Waals surface area (Å²) in [7, 11) is 0. The fourth-order valence-corrected chi connectivity index (χ4v) is 2.18. The van der Waals surface area contributed by atoms with E-state index < -0.39 is 23.7 Å². The smallest absolute Gasteiger partial charge is 0.221 e. The van der Waals surface area contributed by atoms with E-state index in [2.05, 4.69) is 0 Å². The fraction of sp³-hybridized carbons (Fsp3) is 0.833. The zero-order chi connectivity index (χ0) is 13.3. The van der Waals surface area contributed by atoms with Crippen LogP contribution in [0, 0.1) is 22.7 Å². The molecule has 0 aromatic carbocycles. The van der Waals surface area contributed by atoms with E-state index in [1.807, 2.05) is 41.5 Å². The molecule has 0 saturated carbocycles. The van der Waals surface area contributed by atoms with Crippen molar-refractivity contribution in [1.29, 1.82) is 0 Å². The summed E-state index contributed by atoms with van der Waals surface area (Å²) in [5, 5.41) is 0. The van der Waals surface area contributed by atoms with Crippen LogP contribution in [0.25, 0.3) is 0 Å². The van der Waals surface area contributed by atoms with Crippen molar-refractivity contribution in [2.24, 2.45) is 34.1 Å². The molecule has 0 saturated heterocycles. The quantitative estimate of drug-likeness (QED) is 0.762. The summed E-state index contributed by atoms with van der Waals surface area (Å²) in [6.45, 7) is 11.4. The highest BCUT2D eigenvalue weighted by Crippen LogP contribution is 2.40. The Labute approximate surface area is 97.8 Å². The lowest BCUT2D eigenvalue weighted by Gasteiger charge is -2.39. The summed E-state index contributed by atoms with van der Waals surface area (Å²) >= 11 is 0. The molecule has 16 heavy (non-hydrogen) atoms. The maximum atomic E-state index is 11.6. The maximum absolute atomic E-state index is 11.6. The first kappa shape index (κ1) is 14.9. The van der Waals surface area contributed by atoms with Gasteiger partial charge in [0.05, 0.1) is 11.8 Å². The van der Waals surface area contributed by atoms with Crippen LogP contribution in [-0.4, -0.2) is 11.8 Å². The molecule has 0 heterocycles. The highest BCUT2D eigenvalue weighted by atomic mass is 16.2. The second kappa shape index (κ2) is 4.44. The topological polar surface area (TPSA) is 86.2 Å². The second-order valence-electron chi connectivity index (χ2n) is 6.49. The third kappa shape index (κ3) is 3.51. The van der Waals surface area contributed by atoms with Crippen molar-refractivity contribution in [2.45, 2.75) is 41.5 Å². The van der Waals surface area contributed by atoms with Crippen molar-refractivity contribution < 1.29 is 9.59 Å². The molecule has 0 rings (SSSR count). The van der Waals surface area contributed by atoms with Crippen LogP contribution in [0.1, 0.15) is 41.5 Å². The van der Waals surface area contributed by atoms with Crippen LogP contribution >= 0.6 is 0 Å². The molecule has 0 aliphatic heterocycles. The standard InChI is InChI=1S/C12H24N2O2/c1-11(2,3)7(9(13)15)8(10(14)16)12(4,5)6/h7-8H,1-6H3,(H2,13,15)(H2,14,16). The molecule has 2 unspecified atom stereocenters. The molecule has 2 atom stereocenters. The van der Waals surface area contributed by atoms with Gasteiger partial charge in [0, 0.05) is 0 Å². The molecule has 0 fully saturated rings. The summed E-state index contributed by atoms with van der Waals surface area (Å²) in [5.74, 6) is -2.03. The number of hydrogen-bond acceptors (Lipinski definition) is 2. The molecular formula is C12H24N2O2. The van der Waals surface area contributed by atoms with Crippen LogP contribution in [0.4, 0.5) is 0 Å². The number of nitrogens with two attached hydrogens (primary N) is 2. The highest BCUT2D eigenvalue weighted by Gasteiger charge is 2.45. The molecule has 0 aliphatic carbocycles. The predicted molar refractivity (Wildman–Crippen MR) is 64.3 cm³/mol. The van der Waals surface area contributed by atoms with E-state index in [1.165, 1.54) is 0 Å². The van der Waals surface area contributed by atoms with Crippen LogP contribution in [0.3, 0.4) is 0 Å². The third-order valence-corrected chi connectivity index (χ3v) is 2.81. The van der Waals surface area contributed by atoms with E-state index >= 15 is 0 Å². The molecule has 0 radical (unpaired) electrons. The van der Waals surface area contributed by atoms with Gasteiger partial charge in [-0.1, -0.05) is 41.5 Å². The molecule has 4 nitrogen and oxygen atoms in total. The Hall–Kier alpha value is -1.06. The Morgan fingerprint density at radius 3 is 1.00 bits per heavy atom. The molecule has 94 valence electrons. The normalized spacial score (nSPS) is 16.6. The number of rotatable bonds is 3. The first-order valence-corrected chi connectivity index (χ1v) is 5.47. The Balaban J connectivity index is 5.48. The lowest BCUT2D eigenvalue weighted by Crippen LogP contribution is -2.49. The molecule has 0 bridgehead atoms. The molecule has 0 spiro atoms. The number of hydrogen-bond donors (Lipinski definition) is 2. The lowest BCUT2D eigenvalue weighted by molar-refractivity contribution is -0.140. The number of primary amides is 2. The minimum Gasteiger partial charge on any atom is -0.369 e. The summed E-state index contributed by atoms with van der Waals surface area (Å²) in [4.78, 5) is 23.1. The lowest BCUT2D eigenvalue weighted by atomic mass is 9.63. The van der Waals surface area contributed by atoms with Crippen molar-refractivity contribution in [2.75, 3.05) is 0 Å². The van der Waals surface area contributed by atoms with Crippen LogP contribution in [0.15, 0.2) is 0 Å². The average Bonchev–Trinajstić information content (AvgIpc) is 1.92. The van der Waals surface area contributed by atoms with E-state index in [-0.39, 0.29) is 10.8 Å². The molecule has 0 aromatic rings. The average molecular weight is 228 g/mol. The maximum Gasteiger partial charge on any atom is 0.221 e. The summed E-state index contributed by atoms with van der Waals surface area (Å²) in [5.41, 5.74) is 10.1. The molecule has 0 aromatic heterocycles.